The quantitative estimate of drug-likeness (QED) is 0.297. The van der Waals surface area contributed by atoms with Gasteiger partial charge in [0, 0.05) is 50.1 Å². The highest BCUT2D eigenvalue weighted by Gasteiger charge is 2.24. The van der Waals surface area contributed by atoms with E-state index in [0.29, 0.717) is 42.5 Å². The second kappa shape index (κ2) is 10.5. The fourth-order valence-electron chi connectivity index (χ4n) is 3.65. The number of benzene rings is 2. The number of carbonyl (C=O) groups excluding carboxylic acids is 2. The number of nitrogens with one attached hydrogen (secondary N) is 1. The van der Waals surface area contributed by atoms with E-state index in [1.165, 1.54) is 35.6 Å². The molecule has 174 valence electrons. The van der Waals surface area contributed by atoms with Crippen molar-refractivity contribution in [1.29, 1.82) is 0 Å². The highest BCUT2D eigenvalue weighted by atomic mass is 35.5. The normalized spacial score (nSPS) is 13.8. The smallest absolute Gasteiger partial charge is 0.270 e. The summed E-state index contributed by atoms with van der Waals surface area (Å²) in [5, 5.41) is 16.0. The third kappa shape index (κ3) is 5.62. The molecule has 1 N–H and O–H groups in total. The number of nitro groups is 1. The molecule has 8 nitrogen and oxygen atoms in total. The van der Waals surface area contributed by atoms with Gasteiger partial charge in [0.05, 0.1) is 20.5 Å². The van der Waals surface area contributed by atoms with Crippen molar-refractivity contribution in [1.82, 2.24) is 4.90 Å². The Morgan fingerprint density at radius 3 is 2.53 bits per heavy atom. The molecule has 0 spiro atoms. The Morgan fingerprint density at radius 1 is 1.06 bits per heavy atom. The van der Waals surface area contributed by atoms with Gasteiger partial charge in [0.25, 0.3) is 11.6 Å². The summed E-state index contributed by atoms with van der Waals surface area (Å²) in [6.07, 6.45) is 2.82. The Balaban J connectivity index is 1.34. The first-order valence-corrected chi connectivity index (χ1v) is 11.8. The molecular weight excluding hydrogens is 476 g/mol. The molecule has 1 aliphatic heterocycles. The van der Waals surface area contributed by atoms with Crippen molar-refractivity contribution < 1.29 is 14.5 Å². The molecule has 0 saturated carbocycles. The van der Waals surface area contributed by atoms with E-state index in [9.17, 15) is 19.7 Å². The number of hydrogen-bond acceptors (Lipinski definition) is 6. The molecule has 0 aliphatic carbocycles. The van der Waals surface area contributed by atoms with Crippen LogP contribution < -0.4 is 10.2 Å². The first-order valence-electron chi connectivity index (χ1n) is 10.5. The minimum absolute atomic E-state index is 0.0401. The average Bonchev–Trinajstić information content (AvgIpc) is 3.38. The summed E-state index contributed by atoms with van der Waals surface area (Å²) in [4.78, 5) is 39.9. The van der Waals surface area contributed by atoms with E-state index >= 15 is 0 Å². The fraction of sp³-hybridized carbons (Fsp3) is 0.167. The maximum absolute atomic E-state index is 12.5. The zero-order valence-corrected chi connectivity index (χ0v) is 19.6. The van der Waals surface area contributed by atoms with Gasteiger partial charge in [-0.25, -0.2) is 0 Å². The zero-order valence-electron chi connectivity index (χ0n) is 18.0. The number of amides is 2. The highest BCUT2D eigenvalue weighted by Crippen LogP contribution is 2.30. The molecule has 0 radical (unpaired) electrons. The Kier molecular flexibility index (Phi) is 7.24. The van der Waals surface area contributed by atoms with Crippen LogP contribution in [0.2, 0.25) is 5.02 Å². The third-order valence-corrected chi connectivity index (χ3v) is 6.52. The standard InChI is InChI=1S/C24H21ClN4O4S/c25-20-16-18(26-23(30)9-6-17-3-1-4-19(15-17)29(32)33)7-8-21(20)27-10-12-28(13-11-27)24(31)22-5-2-14-34-22/h1-9,14-16H,10-13H2,(H,26,30)/b9-6+. The SMILES string of the molecule is O=C(/C=C/c1cccc([N+](=O)[O-])c1)Nc1ccc(N2CCN(C(=O)c3cccs3)CC2)c(Cl)c1. The van der Waals surface area contributed by atoms with Gasteiger partial charge in [-0.15, -0.1) is 11.3 Å². The number of rotatable bonds is 6. The van der Waals surface area contributed by atoms with Crippen LogP contribution in [0.4, 0.5) is 17.1 Å². The van der Waals surface area contributed by atoms with Crippen molar-refractivity contribution in [3.05, 3.63) is 91.6 Å². The van der Waals surface area contributed by atoms with E-state index < -0.39 is 4.92 Å². The van der Waals surface area contributed by atoms with E-state index in [4.69, 9.17) is 11.6 Å². The van der Waals surface area contributed by atoms with Crippen LogP contribution in [0.25, 0.3) is 6.08 Å². The van der Waals surface area contributed by atoms with Gasteiger partial charge in [-0.1, -0.05) is 29.8 Å². The first-order chi connectivity index (χ1) is 16.4. The Labute approximate surface area is 205 Å². The molecule has 10 heteroatoms. The second-order valence-electron chi connectivity index (χ2n) is 7.60. The molecule has 3 aromatic rings. The summed E-state index contributed by atoms with van der Waals surface area (Å²) in [6, 6.07) is 15.0. The van der Waals surface area contributed by atoms with Gasteiger partial charge in [-0.05, 0) is 41.3 Å². The second-order valence-corrected chi connectivity index (χ2v) is 8.95. The maximum Gasteiger partial charge on any atom is 0.270 e. The van der Waals surface area contributed by atoms with E-state index in [2.05, 4.69) is 10.2 Å². The molecule has 2 aromatic carbocycles. The Morgan fingerprint density at radius 2 is 1.85 bits per heavy atom. The summed E-state index contributed by atoms with van der Waals surface area (Å²) in [7, 11) is 0. The van der Waals surface area contributed by atoms with Gasteiger partial charge in [0.2, 0.25) is 5.91 Å². The molecular formula is C24H21ClN4O4S. The molecule has 0 unspecified atom stereocenters. The van der Waals surface area contributed by atoms with Crippen molar-refractivity contribution in [2.24, 2.45) is 0 Å². The lowest BCUT2D eigenvalue weighted by molar-refractivity contribution is -0.384. The number of non-ortho nitro benzene ring substituents is 1. The molecule has 1 fully saturated rings. The van der Waals surface area contributed by atoms with Crippen LogP contribution >= 0.6 is 22.9 Å². The largest absolute Gasteiger partial charge is 0.367 e. The molecule has 4 rings (SSSR count). The average molecular weight is 497 g/mol. The summed E-state index contributed by atoms with van der Waals surface area (Å²) in [5.74, 6) is -0.326. The predicted molar refractivity (Wildman–Crippen MR) is 135 cm³/mol. The number of hydrogen-bond donors (Lipinski definition) is 1. The monoisotopic (exact) mass is 496 g/mol. The van der Waals surface area contributed by atoms with Crippen molar-refractivity contribution in [2.75, 3.05) is 36.4 Å². The van der Waals surface area contributed by atoms with Crippen molar-refractivity contribution >= 4 is 57.9 Å². The number of piperazine rings is 1. The minimum atomic E-state index is -0.484. The summed E-state index contributed by atoms with van der Waals surface area (Å²) >= 11 is 7.93. The topological polar surface area (TPSA) is 95.8 Å². The molecule has 2 heterocycles. The minimum Gasteiger partial charge on any atom is -0.367 e. The van der Waals surface area contributed by atoms with Gasteiger partial charge >= 0.3 is 0 Å². The Bertz CT molecular complexity index is 1240. The number of nitrogens with zero attached hydrogens (tertiary/aromatic N) is 3. The van der Waals surface area contributed by atoms with Crippen LogP contribution in [0.5, 0.6) is 0 Å². The van der Waals surface area contributed by atoms with E-state index in [0.717, 1.165) is 10.6 Å². The van der Waals surface area contributed by atoms with Gasteiger partial charge < -0.3 is 15.1 Å². The van der Waals surface area contributed by atoms with Crippen molar-refractivity contribution in [2.45, 2.75) is 0 Å². The van der Waals surface area contributed by atoms with Gasteiger partial charge in [0.15, 0.2) is 0 Å². The van der Waals surface area contributed by atoms with E-state index in [1.54, 1.807) is 24.3 Å². The van der Waals surface area contributed by atoms with Crippen molar-refractivity contribution in [3.8, 4) is 0 Å². The maximum atomic E-state index is 12.5. The van der Waals surface area contributed by atoms with Gasteiger partial charge in [0.1, 0.15) is 0 Å². The predicted octanol–water partition coefficient (Wildman–Crippen LogP) is 4.92. The van der Waals surface area contributed by atoms with Crippen molar-refractivity contribution in [3.63, 3.8) is 0 Å². The molecule has 0 atom stereocenters. The van der Waals surface area contributed by atoms with Crippen LogP contribution in [0.1, 0.15) is 15.2 Å². The molecule has 1 aliphatic rings. The van der Waals surface area contributed by atoms with Crippen LogP contribution in [0, 0.1) is 10.1 Å². The lowest BCUT2D eigenvalue weighted by Crippen LogP contribution is -2.48. The third-order valence-electron chi connectivity index (χ3n) is 5.36. The fourth-order valence-corrected chi connectivity index (χ4v) is 4.64. The molecule has 2 amide bonds. The molecule has 1 aromatic heterocycles. The highest BCUT2D eigenvalue weighted by molar-refractivity contribution is 7.12. The first kappa shape index (κ1) is 23.5. The lowest BCUT2D eigenvalue weighted by atomic mass is 10.2. The van der Waals surface area contributed by atoms with Gasteiger partial charge in [-0.2, -0.15) is 0 Å². The van der Waals surface area contributed by atoms with Crippen LogP contribution in [-0.4, -0.2) is 47.8 Å². The summed E-state index contributed by atoms with van der Waals surface area (Å²) < 4.78 is 0. The number of halogens is 1. The van der Waals surface area contributed by atoms with Crippen LogP contribution in [0.3, 0.4) is 0 Å². The molecule has 1 saturated heterocycles. The van der Waals surface area contributed by atoms with E-state index in [1.807, 2.05) is 28.5 Å². The van der Waals surface area contributed by atoms with E-state index in [-0.39, 0.29) is 17.5 Å². The summed E-state index contributed by atoms with van der Waals surface area (Å²) in [5.41, 5.74) is 1.89. The molecule has 0 bridgehead atoms. The number of nitro benzene ring substituents is 1. The Hall–Kier alpha value is -3.69. The van der Waals surface area contributed by atoms with Gasteiger partial charge in [-0.3, -0.25) is 19.7 Å². The zero-order chi connectivity index (χ0) is 24.1. The lowest BCUT2D eigenvalue weighted by Gasteiger charge is -2.36. The molecule has 34 heavy (non-hydrogen) atoms. The van der Waals surface area contributed by atoms with Crippen LogP contribution in [-0.2, 0) is 4.79 Å². The number of anilines is 2. The van der Waals surface area contributed by atoms with Crippen LogP contribution in [0.15, 0.2) is 66.1 Å². The number of carbonyl (C=O) groups is 2. The summed E-state index contributed by atoms with van der Waals surface area (Å²) in [6.45, 7) is 2.53. The number of thiophene rings is 1.